The maximum absolute atomic E-state index is 12.5. The summed E-state index contributed by atoms with van der Waals surface area (Å²) in [7, 11) is 0. The van der Waals surface area contributed by atoms with E-state index in [4.69, 9.17) is 13.9 Å². The SMILES string of the molecule is CC(=O)O[C@@H]1C[C@]2(O)[C@H](CC[C@]3(C)[C@@H](c4ccc(=O)oc4)CC[C@]32O)[C@]2(C)C1=C[C@H](O)[C@H]1O[C@@H]12. The lowest BCUT2D eigenvalue weighted by Crippen LogP contribution is -2.74. The summed E-state index contributed by atoms with van der Waals surface area (Å²) in [6, 6.07) is 3.14. The lowest BCUT2D eigenvalue weighted by molar-refractivity contribution is -0.285. The Kier molecular flexibility index (Phi) is 4.50. The molecule has 4 fully saturated rings. The third-order valence-electron chi connectivity index (χ3n) is 10.2. The molecule has 5 aliphatic rings. The first-order chi connectivity index (χ1) is 16.0. The number of carbonyl (C=O) groups excluding carboxylic acids is 1. The number of aliphatic hydroxyl groups excluding tert-OH is 1. The molecular weight excluding hydrogens is 440 g/mol. The van der Waals surface area contributed by atoms with Gasteiger partial charge in [-0.25, -0.2) is 4.79 Å². The third kappa shape index (κ3) is 2.57. The minimum atomic E-state index is -1.53. The fourth-order valence-electron chi connectivity index (χ4n) is 8.56. The van der Waals surface area contributed by atoms with Gasteiger partial charge in [-0.15, -0.1) is 0 Å². The van der Waals surface area contributed by atoms with Gasteiger partial charge in [-0.1, -0.05) is 13.8 Å². The first-order valence-electron chi connectivity index (χ1n) is 12.2. The van der Waals surface area contributed by atoms with E-state index in [0.717, 1.165) is 11.1 Å². The van der Waals surface area contributed by atoms with Crippen LogP contribution in [0.3, 0.4) is 0 Å². The molecule has 6 rings (SSSR count). The smallest absolute Gasteiger partial charge is 0.335 e. The van der Waals surface area contributed by atoms with Crippen LogP contribution in [0, 0.1) is 16.7 Å². The van der Waals surface area contributed by atoms with E-state index >= 15 is 0 Å². The number of ether oxygens (including phenoxy) is 2. The summed E-state index contributed by atoms with van der Waals surface area (Å²) in [5.41, 5.74) is -3.13. The Morgan fingerprint density at radius 2 is 1.94 bits per heavy atom. The fourth-order valence-corrected chi connectivity index (χ4v) is 8.56. The zero-order chi connectivity index (χ0) is 24.3. The van der Waals surface area contributed by atoms with Crippen LogP contribution < -0.4 is 5.63 Å². The Balaban J connectivity index is 1.46. The van der Waals surface area contributed by atoms with E-state index in [1.807, 2.05) is 13.8 Å². The van der Waals surface area contributed by atoms with E-state index in [1.165, 1.54) is 19.3 Å². The van der Waals surface area contributed by atoms with Crippen molar-refractivity contribution in [3.8, 4) is 0 Å². The van der Waals surface area contributed by atoms with Crippen molar-refractivity contribution in [2.24, 2.45) is 16.7 Å². The molecule has 4 aliphatic carbocycles. The van der Waals surface area contributed by atoms with Gasteiger partial charge in [0, 0.05) is 36.2 Å². The van der Waals surface area contributed by atoms with Gasteiger partial charge in [0.2, 0.25) is 0 Å². The fraction of sp³-hybridized carbons (Fsp3) is 0.692. The molecule has 1 aromatic heterocycles. The van der Waals surface area contributed by atoms with Gasteiger partial charge in [-0.3, -0.25) is 4.79 Å². The highest BCUT2D eigenvalue weighted by Crippen LogP contribution is 2.73. The predicted molar refractivity (Wildman–Crippen MR) is 119 cm³/mol. The van der Waals surface area contributed by atoms with Crippen molar-refractivity contribution >= 4 is 5.97 Å². The molecule has 1 saturated heterocycles. The van der Waals surface area contributed by atoms with Crippen LogP contribution in [0.1, 0.15) is 64.4 Å². The van der Waals surface area contributed by atoms with E-state index in [0.29, 0.717) is 25.7 Å². The minimum Gasteiger partial charge on any atom is -0.458 e. The molecule has 3 N–H and O–H groups in total. The van der Waals surface area contributed by atoms with Gasteiger partial charge < -0.3 is 29.2 Å². The maximum Gasteiger partial charge on any atom is 0.335 e. The minimum absolute atomic E-state index is 0.0610. The summed E-state index contributed by atoms with van der Waals surface area (Å²) in [5, 5.41) is 35.5. The molecule has 34 heavy (non-hydrogen) atoms. The van der Waals surface area contributed by atoms with Crippen LogP contribution in [-0.4, -0.2) is 56.9 Å². The quantitative estimate of drug-likeness (QED) is 0.338. The molecule has 10 atom stereocenters. The van der Waals surface area contributed by atoms with E-state index in [9.17, 15) is 24.9 Å². The molecule has 0 amide bonds. The summed E-state index contributed by atoms with van der Waals surface area (Å²) < 4.78 is 16.7. The first kappa shape index (κ1) is 22.5. The molecule has 184 valence electrons. The maximum atomic E-state index is 12.5. The lowest BCUT2D eigenvalue weighted by Gasteiger charge is -2.66. The molecule has 8 heteroatoms. The number of epoxide rings is 1. The lowest BCUT2D eigenvalue weighted by atomic mass is 9.42. The van der Waals surface area contributed by atoms with Gasteiger partial charge >= 0.3 is 11.6 Å². The van der Waals surface area contributed by atoms with Gasteiger partial charge in [0.05, 0.1) is 18.0 Å². The van der Waals surface area contributed by atoms with Crippen molar-refractivity contribution in [3.05, 3.63) is 46.0 Å². The van der Waals surface area contributed by atoms with Crippen LogP contribution in [0.4, 0.5) is 0 Å². The topological polar surface area (TPSA) is 130 Å². The second-order valence-electron chi connectivity index (χ2n) is 11.5. The second-order valence-corrected chi connectivity index (χ2v) is 11.5. The van der Waals surface area contributed by atoms with E-state index in [1.54, 1.807) is 12.1 Å². The normalized spacial score (nSPS) is 50.8. The van der Waals surface area contributed by atoms with Crippen LogP contribution in [0.2, 0.25) is 0 Å². The molecule has 3 saturated carbocycles. The van der Waals surface area contributed by atoms with Gasteiger partial charge in [0.1, 0.15) is 23.9 Å². The number of aliphatic hydroxyl groups is 3. The summed E-state index contributed by atoms with van der Waals surface area (Å²) in [5.74, 6) is -0.897. The molecule has 0 radical (unpaired) electrons. The molecule has 0 unspecified atom stereocenters. The van der Waals surface area contributed by atoms with Gasteiger partial charge in [-0.05, 0) is 54.9 Å². The predicted octanol–water partition coefficient (Wildman–Crippen LogP) is 1.81. The number of rotatable bonds is 2. The van der Waals surface area contributed by atoms with Crippen LogP contribution in [0.25, 0.3) is 0 Å². The number of carbonyl (C=O) groups is 1. The van der Waals surface area contributed by atoms with Crippen molar-refractivity contribution in [1.82, 2.24) is 0 Å². The molecule has 2 heterocycles. The Hall–Kier alpha value is -2.00. The molecular formula is C26H32O8. The largest absolute Gasteiger partial charge is 0.458 e. The first-order valence-corrected chi connectivity index (χ1v) is 12.2. The van der Waals surface area contributed by atoms with Crippen LogP contribution in [0.15, 0.2) is 39.3 Å². The second kappa shape index (κ2) is 6.81. The Morgan fingerprint density at radius 3 is 2.62 bits per heavy atom. The molecule has 1 aromatic rings. The highest BCUT2D eigenvalue weighted by Gasteiger charge is 2.78. The van der Waals surface area contributed by atoms with Crippen LogP contribution in [-0.2, 0) is 14.3 Å². The van der Waals surface area contributed by atoms with Crippen LogP contribution in [0.5, 0.6) is 0 Å². The number of esters is 1. The van der Waals surface area contributed by atoms with E-state index in [-0.39, 0.29) is 30.5 Å². The molecule has 8 nitrogen and oxygen atoms in total. The monoisotopic (exact) mass is 472 g/mol. The number of hydrogen-bond acceptors (Lipinski definition) is 8. The number of fused-ring (bicyclic) bond motifs is 7. The highest BCUT2D eigenvalue weighted by atomic mass is 16.6. The summed E-state index contributed by atoms with van der Waals surface area (Å²) in [4.78, 5) is 23.6. The zero-order valence-electron chi connectivity index (χ0n) is 19.7. The molecule has 0 bridgehead atoms. The van der Waals surface area contributed by atoms with Gasteiger partial charge in [-0.2, -0.15) is 0 Å². The van der Waals surface area contributed by atoms with E-state index in [2.05, 4.69) is 0 Å². The van der Waals surface area contributed by atoms with Gasteiger partial charge in [0.15, 0.2) is 0 Å². The van der Waals surface area contributed by atoms with Crippen molar-refractivity contribution in [3.63, 3.8) is 0 Å². The van der Waals surface area contributed by atoms with Crippen molar-refractivity contribution < 1.29 is 34.0 Å². The Bertz CT molecular complexity index is 1120. The Labute approximate surface area is 197 Å². The summed E-state index contributed by atoms with van der Waals surface area (Å²) in [6.07, 6.45) is 3.40. The highest BCUT2D eigenvalue weighted by molar-refractivity contribution is 5.67. The van der Waals surface area contributed by atoms with Crippen LogP contribution >= 0.6 is 0 Å². The average molecular weight is 473 g/mol. The van der Waals surface area contributed by atoms with Crippen molar-refractivity contribution in [2.75, 3.05) is 0 Å². The van der Waals surface area contributed by atoms with Crippen molar-refractivity contribution in [1.29, 1.82) is 0 Å². The Morgan fingerprint density at radius 1 is 1.18 bits per heavy atom. The standard InChI is InChI=1S/C26H32O8/c1-13(27)33-18-11-25(30)19(24(3)16(18)10-17(28)21-22(24)34-21)7-8-23(2)15(6-9-26(23,25)31)14-4-5-20(29)32-12-14/h4-5,10,12,15,17-19,21-22,28,30-31H,6-9,11H2,1-3H3/t15-,17+,18-,19-,21-,22+,23-,24+,25+,26+/m1/s1. The number of hydrogen-bond donors (Lipinski definition) is 3. The van der Waals surface area contributed by atoms with Gasteiger partial charge in [0.25, 0.3) is 0 Å². The molecule has 0 spiro atoms. The average Bonchev–Trinajstić information content (AvgIpc) is 3.53. The molecule has 0 aromatic carbocycles. The summed E-state index contributed by atoms with van der Waals surface area (Å²) in [6.45, 7) is 5.36. The molecule has 1 aliphatic heterocycles. The summed E-state index contributed by atoms with van der Waals surface area (Å²) >= 11 is 0. The van der Waals surface area contributed by atoms with Crippen molar-refractivity contribution in [2.45, 2.75) is 94.4 Å². The zero-order valence-corrected chi connectivity index (χ0v) is 19.7. The van der Waals surface area contributed by atoms with E-state index < -0.39 is 45.8 Å². The third-order valence-corrected chi connectivity index (χ3v) is 10.2.